The fourth-order valence-corrected chi connectivity index (χ4v) is 6.42. The number of aromatic nitrogens is 3. The average Bonchev–Trinajstić information content (AvgIpc) is 3.15. The summed E-state index contributed by atoms with van der Waals surface area (Å²) < 4.78 is 28.9. The minimum Gasteiger partial charge on any atom is -0.378 e. The average molecular weight is 504 g/mol. The smallest absolute Gasteiger partial charge is 0.219 e. The number of rotatable bonds is 6. The van der Waals surface area contributed by atoms with Crippen molar-refractivity contribution in [3.05, 3.63) is 28.9 Å². The van der Waals surface area contributed by atoms with Gasteiger partial charge in [0.25, 0.3) is 0 Å². The maximum Gasteiger partial charge on any atom is 0.219 e. The highest BCUT2D eigenvalue weighted by Crippen LogP contribution is 2.39. The second-order valence-corrected chi connectivity index (χ2v) is 10.7. The number of thiophene rings is 1. The maximum atomic E-state index is 11.0. The van der Waals surface area contributed by atoms with Gasteiger partial charge in [0.1, 0.15) is 5.82 Å². The maximum absolute atomic E-state index is 11.0. The Labute approximate surface area is 204 Å². The number of nitrogen functional groups attached to an aromatic ring is 1. The molecule has 0 aromatic carbocycles. The molecule has 2 N–H and O–H groups in total. The zero-order chi connectivity index (χ0) is 23.7. The van der Waals surface area contributed by atoms with Gasteiger partial charge in [0, 0.05) is 74.0 Å². The molecule has 0 aliphatic carbocycles. The van der Waals surface area contributed by atoms with Crippen molar-refractivity contribution in [2.45, 2.75) is 13.5 Å². The Morgan fingerprint density at radius 3 is 2.41 bits per heavy atom. The molecule has 10 nitrogen and oxygen atoms in total. The largest absolute Gasteiger partial charge is 0.378 e. The van der Waals surface area contributed by atoms with Crippen LogP contribution in [-0.4, -0.2) is 91.5 Å². The Balaban J connectivity index is 1.47. The molecule has 5 heterocycles. The SMILES string of the molecule is Cc1c(CN2CCN(C[SH](=O)=O)CC2)sc2c(N3CCOCC3)nc(-c3cnc(N)nc3)cc12. The third kappa shape index (κ3) is 5.01. The minimum absolute atomic E-state index is 0.150. The Morgan fingerprint density at radius 1 is 1.06 bits per heavy atom. The molecule has 0 spiro atoms. The molecule has 0 bridgehead atoms. The number of nitrogens with two attached hydrogens (primary N) is 1. The van der Waals surface area contributed by atoms with E-state index in [9.17, 15) is 8.42 Å². The number of morpholine rings is 1. The molecule has 0 unspecified atom stereocenters. The molecule has 2 saturated heterocycles. The van der Waals surface area contributed by atoms with E-state index in [-0.39, 0.29) is 11.8 Å². The van der Waals surface area contributed by atoms with Crippen molar-refractivity contribution >= 4 is 43.9 Å². The van der Waals surface area contributed by atoms with Crippen molar-refractivity contribution in [3.63, 3.8) is 0 Å². The topological polar surface area (TPSA) is 118 Å². The van der Waals surface area contributed by atoms with Crippen molar-refractivity contribution in [1.29, 1.82) is 0 Å². The number of ether oxygens (including phenoxy) is 1. The van der Waals surface area contributed by atoms with Gasteiger partial charge in [-0.15, -0.1) is 11.3 Å². The Kier molecular flexibility index (Phi) is 6.93. The lowest BCUT2D eigenvalue weighted by atomic mass is 10.1. The molecular formula is C22H29N7O3S2. The van der Waals surface area contributed by atoms with Crippen molar-refractivity contribution < 1.29 is 13.2 Å². The first-order chi connectivity index (χ1) is 16.5. The number of pyridine rings is 1. The molecule has 182 valence electrons. The Bertz CT molecular complexity index is 1220. The normalized spacial score (nSPS) is 18.2. The van der Waals surface area contributed by atoms with E-state index in [1.807, 2.05) is 16.2 Å². The van der Waals surface area contributed by atoms with Crippen LogP contribution in [0.4, 0.5) is 11.8 Å². The number of thiol groups is 1. The van der Waals surface area contributed by atoms with Gasteiger partial charge in [-0.1, -0.05) is 0 Å². The molecule has 5 rings (SSSR count). The van der Waals surface area contributed by atoms with Gasteiger partial charge in [-0.05, 0) is 18.6 Å². The summed E-state index contributed by atoms with van der Waals surface area (Å²) in [7, 11) is -2.37. The first-order valence-electron chi connectivity index (χ1n) is 11.4. The zero-order valence-corrected chi connectivity index (χ0v) is 20.9. The van der Waals surface area contributed by atoms with Crippen LogP contribution in [0.3, 0.4) is 0 Å². The van der Waals surface area contributed by atoms with E-state index in [1.165, 1.54) is 20.5 Å². The third-order valence-corrected chi connectivity index (χ3v) is 8.35. The van der Waals surface area contributed by atoms with Crippen LogP contribution >= 0.6 is 11.3 Å². The van der Waals surface area contributed by atoms with Crippen molar-refractivity contribution in [1.82, 2.24) is 24.8 Å². The number of hydrogen-bond acceptors (Lipinski definition) is 11. The number of hydrogen-bond donors (Lipinski definition) is 2. The van der Waals surface area contributed by atoms with Crippen molar-refractivity contribution in [2.75, 3.05) is 69.0 Å². The summed E-state index contributed by atoms with van der Waals surface area (Å²) in [5, 5.41) is 1.20. The van der Waals surface area contributed by atoms with Gasteiger partial charge < -0.3 is 15.4 Å². The van der Waals surface area contributed by atoms with Gasteiger partial charge in [-0.25, -0.2) is 23.4 Å². The van der Waals surface area contributed by atoms with E-state index in [0.717, 1.165) is 62.9 Å². The summed E-state index contributed by atoms with van der Waals surface area (Å²) in [6.07, 6.45) is 3.44. The molecule has 0 amide bonds. The third-order valence-electron chi connectivity index (χ3n) is 6.43. The summed E-state index contributed by atoms with van der Waals surface area (Å²) in [6.45, 7) is 9.29. The zero-order valence-electron chi connectivity index (χ0n) is 19.1. The first kappa shape index (κ1) is 23.4. The molecular weight excluding hydrogens is 474 g/mol. The monoisotopic (exact) mass is 503 g/mol. The van der Waals surface area contributed by atoms with E-state index >= 15 is 0 Å². The van der Waals surface area contributed by atoms with Crippen LogP contribution < -0.4 is 10.6 Å². The molecule has 2 aliphatic heterocycles. The van der Waals surface area contributed by atoms with Crippen LogP contribution in [0.25, 0.3) is 21.3 Å². The molecule has 34 heavy (non-hydrogen) atoms. The first-order valence-corrected chi connectivity index (χ1v) is 13.6. The standard InChI is InChI=1S/C22H29N7O3S2/c1-15-17-10-18(16-11-24-22(23)25-12-16)26-21(29-6-8-32-9-7-29)20(17)33-19(15)13-27-2-4-28(5-3-27)14-34(30)31/h10-12,34H,2-9,13-14H2,1H3,(H2,23,24,25). The molecule has 12 heteroatoms. The lowest BCUT2D eigenvalue weighted by Gasteiger charge is -2.33. The highest BCUT2D eigenvalue weighted by Gasteiger charge is 2.23. The van der Waals surface area contributed by atoms with Gasteiger partial charge in [-0.3, -0.25) is 9.80 Å². The van der Waals surface area contributed by atoms with E-state index in [2.05, 4.69) is 32.8 Å². The molecule has 0 saturated carbocycles. The second-order valence-electron chi connectivity index (χ2n) is 8.66. The fourth-order valence-electron chi connectivity index (χ4n) is 4.46. The molecule has 3 aromatic heterocycles. The van der Waals surface area contributed by atoms with Gasteiger partial charge in [0.2, 0.25) is 5.95 Å². The number of fused-ring (bicyclic) bond motifs is 1. The summed E-state index contributed by atoms with van der Waals surface area (Å²) in [4.78, 5) is 21.4. The summed E-state index contributed by atoms with van der Waals surface area (Å²) in [5.41, 5.74) is 8.63. The molecule has 0 atom stereocenters. The van der Waals surface area contributed by atoms with Crippen LogP contribution in [0, 0.1) is 6.92 Å². The van der Waals surface area contributed by atoms with Gasteiger partial charge in [0.15, 0.2) is 10.7 Å². The predicted octanol–water partition coefficient (Wildman–Crippen LogP) is 1.17. The van der Waals surface area contributed by atoms with E-state index in [4.69, 9.17) is 15.5 Å². The van der Waals surface area contributed by atoms with Gasteiger partial charge >= 0.3 is 0 Å². The predicted molar refractivity (Wildman–Crippen MR) is 135 cm³/mol. The van der Waals surface area contributed by atoms with E-state index < -0.39 is 10.7 Å². The van der Waals surface area contributed by atoms with Crippen LogP contribution in [0.2, 0.25) is 0 Å². The van der Waals surface area contributed by atoms with Gasteiger partial charge in [0.05, 0.1) is 29.5 Å². The van der Waals surface area contributed by atoms with E-state index in [0.29, 0.717) is 13.2 Å². The number of piperazine rings is 1. The number of nitrogens with zero attached hydrogens (tertiary/aromatic N) is 6. The van der Waals surface area contributed by atoms with Crippen LogP contribution in [-0.2, 0) is 22.0 Å². The number of aryl methyl sites for hydroxylation is 1. The lowest BCUT2D eigenvalue weighted by Crippen LogP contribution is -2.46. The fraction of sp³-hybridized carbons (Fsp3) is 0.500. The van der Waals surface area contributed by atoms with Crippen LogP contribution in [0.1, 0.15) is 10.4 Å². The van der Waals surface area contributed by atoms with Crippen LogP contribution in [0.15, 0.2) is 18.5 Å². The minimum atomic E-state index is -2.37. The Hall–Kier alpha value is -2.38. The highest BCUT2D eigenvalue weighted by atomic mass is 32.2. The van der Waals surface area contributed by atoms with Gasteiger partial charge in [-0.2, -0.15) is 0 Å². The summed E-state index contributed by atoms with van der Waals surface area (Å²) >= 11 is 1.81. The summed E-state index contributed by atoms with van der Waals surface area (Å²) in [5.74, 6) is 1.38. The highest BCUT2D eigenvalue weighted by molar-refractivity contribution is 7.72. The molecule has 3 aromatic rings. The molecule has 2 fully saturated rings. The molecule has 2 aliphatic rings. The van der Waals surface area contributed by atoms with Crippen molar-refractivity contribution in [2.24, 2.45) is 0 Å². The van der Waals surface area contributed by atoms with Crippen LogP contribution in [0.5, 0.6) is 0 Å². The van der Waals surface area contributed by atoms with E-state index in [1.54, 1.807) is 12.4 Å². The number of anilines is 2. The quantitative estimate of drug-likeness (QED) is 0.475. The molecule has 0 radical (unpaired) electrons. The second kappa shape index (κ2) is 10.1. The van der Waals surface area contributed by atoms with Crippen molar-refractivity contribution in [3.8, 4) is 11.3 Å². The summed E-state index contributed by atoms with van der Waals surface area (Å²) in [6, 6.07) is 2.13. The lowest BCUT2D eigenvalue weighted by molar-refractivity contribution is 0.122. The Morgan fingerprint density at radius 2 is 1.74 bits per heavy atom.